The van der Waals surface area contributed by atoms with Crippen LogP contribution in [0.15, 0.2) is 10.6 Å². The summed E-state index contributed by atoms with van der Waals surface area (Å²) in [6, 6.07) is -0.330. The fourth-order valence-electron chi connectivity index (χ4n) is 2.96. The molecule has 0 radical (unpaired) electrons. The molecule has 0 aliphatic carbocycles. The molecule has 0 bridgehead atoms. The average Bonchev–Trinajstić information content (AvgIpc) is 2.67. The van der Waals surface area contributed by atoms with Crippen molar-refractivity contribution < 1.29 is 54.2 Å². The van der Waals surface area contributed by atoms with Crippen molar-refractivity contribution in [3.05, 3.63) is 10.6 Å². The number of carbonyl (C=O) groups excluding carboxylic acids is 3. The van der Waals surface area contributed by atoms with Crippen LogP contribution in [-0.4, -0.2) is 51.7 Å². The van der Waals surface area contributed by atoms with E-state index in [0.29, 0.717) is 23.6 Å². The number of β-lactam (4-membered cyclic amide) rings is 1. The predicted molar refractivity (Wildman–Crippen MR) is 78.2 cm³/mol. The van der Waals surface area contributed by atoms with E-state index in [4.69, 9.17) is 0 Å². The van der Waals surface area contributed by atoms with E-state index < -0.39 is 17.5 Å². The fourth-order valence-corrected chi connectivity index (χ4v) is 4.02. The number of hydrogen-bond acceptors (Lipinski definition) is 6. The second kappa shape index (κ2) is 7.57. The zero-order valence-corrected chi connectivity index (χ0v) is 16.5. The second-order valence-electron chi connectivity index (χ2n) is 6.00. The molecule has 2 heterocycles. The number of carboxylic acids is 1. The Balaban J connectivity index is 0.00000264. The molecule has 2 atom stereocenters. The fraction of sp³-hybridized carbons (Fsp3) is 0.643. The van der Waals surface area contributed by atoms with Gasteiger partial charge in [-0.05, 0) is 13.8 Å². The minimum absolute atomic E-state index is 0. The molecule has 122 valence electrons. The zero-order chi connectivity index (χ0) is 16.7. The largest absolute Gasteiger partial charge is 1.00 e. The number of rotatable bonds is 6. The molecule has 2 aliphatic heterocycles. The monoisotopic (exact) mass is 350 g/mol. The van der Waals surface area contributed by atoms with Crippen LogP contribution in [0.2, 0.25) is 0 Å². The standard InChI is InChI=1S/C14H20N2O5S.Na/c1-7(17)15-4-5-22-9-6-8-10(14(2,3)21)12(18)16(8)11(9)13(19)20;/h8,10,21H,4-6H2,1-3H3,(H,15,17)(H,19,20);/q;+1/p-1/t8-,10+;/m1./s1. The first-order valence-electron chi connectivity index (χ1n) is 7.01. The Kier molecular flexibility index (Phi) is 6.74. The third kappa shape index (κ3) is 4.11. The maximum Gasteiger partial charge on any atom is 1.00 e. The first-order chi connectivity index (χ1) is 10.1. The number of carbonyl (C=O) groups is 3. The third-order valence-corrected chi connectivity index (χ3v) is 4.94. The van der Waals surface area contributed by atoms with E-state index >= 15 is 0 Å². The molecule has 0 aromatic heterocycles. The van der Waals surface area contributed by atoms with Crippen LogP contribution in [0.4, 0.5) is 0 Å². The minimum atomic E-state index is -1.38. The summed E-state index contributed by atoms with van der Waals surface area (Å²) < 4.78 is 0. The molecule has 0 unspecified atom stereocenters. The van der Waals surface area contributed by atoms with Crippen LogP contribution in [0.1, 0.15) is 27.2 Å². The molecule has 0 saturated carbocycles. The van der Waals surface area contributed by atoms with E-state index in [1.165, 1.54) is 23.6 Å². The Bertz CT molecular complexity index is 558. The Hall–Kier alpha value is -0.540. The molecular weight excluding hydrogens is 331 g/mol. The molecule has 0 aromatic rings. The number of hydrogen-bond donors (Lipinski definition) is 2. The molecule has 2 N–H and O–H groups in total. The van der Waals surface area contributed by atoms with Gasteiger partial charge in [0.25, 0.3) is 0 Å². The van der Waals surface area contributed by atoms with Gasteiger partial charge in [-0.15, -0.1) is 11.8 Å². The summed E-state index contributed by atoms with van der Waals surface area (Å²) in [5, 5.41) is 24.0. The summed E-state index contributed by atoms with van der Waals surface area (Å²) in [6.07, 6.45) is 0.397. The second-order valence-corrected chi connectivity index (χ2v) is 7.19. The van der Waals surface area contributed by atoms with Crippen LogP contribution < -0.4 is 40.0 Å². The maximum absolute atomic E-state index is 12.1. The van der Waals surface area contributed by atoms with Crippen LogP contribution in [-0.2, 0) is 14.4 Å². The van der Waals surface area contributed by atoms with Crippen molar-refractivity contribution in [3.63, 3.8) is 0 Å². The average molecular weight is 350 g/mol. The van der Waals surface area contributed by atoms with Crippen molar-refractivity contribution in [2.45, 2.75) is 38.8 Å². The number of aliphatic carboxylic acids is 1. The molecule has 7 nitrogen and oxygen atoms in total. The maximum atomic E-state index is 12.1. The van der Waals surface area contributed by atoms with Crippen LogP contribution in [0, 0.1) is 5.92 Å². The van der Waals surface area contributed by atoms with Gasteiger partial charge in [0.05, 0.1) is 29.2 Å². The normalized spacial score (nSPS) is 23.1. The molecule has 1 fully saturated rings. The van der Waals surface area contributed by atoms with Gasteiger partial charge in [0.15, 0.2) is 0 Å². The molecule has 2 rings (SSSR count). The Morgan fingerprint density at radius 3 is 2.57 bits per heavy atom. The first kappa shape index (κ1) is 20.5. The Morgan fingerprint density at radius 1 is 1.48 bits per heavy atom. The number of fused-ring (bicyclic) bond motifs is 1. The SMILES string of the molecule is CC(=O)NCCSC1=C(C(=O)[O-])N2C(=O)[C@@H](C(C)(C)O)[C@H]2C1.[Na+]. The van der Waals surface area contributed by atoms with E-state index in [1.807, 2.05) is 0 Å². The number of amides is 2. The molecular formula is C14H19N2NaO5S. The summed E-state index contributed by atoms with van der Waals surface area (Å²) in [5.41, 5.74) is -1.28. The van der Waals surface area contributed by atoms with E-state index in [1.54, 1.807) is 13.8 Å². The quantitative estimate of drug-likeness (QED) is 0.286. The van der Waals surface area contributed by atoms with E-state index in [9.17, 15) is 24.6 Å². The van der Waals surface area contributed by atoms with Crippen LogP contribution in [0.25, 0.3) is 0 Å². The van der Waals surface area contributed by atoms with Crippen molar-refractivity contribution >= 4 is 29.5 Å². The van der Waals surface area contributed by atoms with Gasteiger partial charge in [0.2, 0.25) is 11.8 Å². The third-order valence-electron chi connectivity index (χ3n) is 3.83. The van der Waals surface area contributed by atoms with E-state index in [0.717, 1.165) is 0 Å². The summed E-state index contributed by atoms with van der Waals surface area (Å²) in [6.45, 7) is 4.92. The van der Waals surface area contributed by atoms with Crippen molar-refractivity contribution in [2.24, 2.45) is 5.92 Å². The summed E-state index contributed by atoms with van der Waals surface area (Å²) in [4.78, 5) is 36.1. The Morgan fingerprint density at radius 2 is 2.09 bits per heavy atom. The van der Waals surface area contributed by atoms with Gasteiger partial charge >= 0.3 is 29.6 Å². The Labute approximate surface area is 161 Å². The molecule has 2 amide bonds. The van der Waals surface area contributed by atoms with Gasteiger partial charge in [-0.2, -0.15) is 0 Å². The van der Waals surface area contributed by atoms with Crippen LogP contribution in [0.5, 0.6) is 0 Å². The van der Waals surface area contributed by atoms with Crippen molar-refractivity contribution in [1.29, 1.82) is 0 Å². The zero-order valence-electron chi connectivity index (χ0n) is 13.7. The van der Waals surface area contributed by atoms with Gasteiger partial charge < -0.3 is 25.2 Å². The minimum Gasteiger partial charge on any atom is -0.543 e. The van der Waals surface area contributed by atoms with Crippen LogP contribution >= 0.6 is 11.8 Å². The molecule has 9 heteroatoms. The molecule has 23 heavy (non-hydrogen) atoms. The smallest absolute Gasteiger partial charge is 0.543 e. The summed E-state index contributed by atoms with van der Waals surface area (Å²) in [7, 11) is 0. The number of aliphatic hydroxyl groups is 1. The van der Waals surface area contributed by atoms with Gasteiger partial charge in [0.1, 0.15) is 0 Å². The topological polar surface area (TPSA) is 110 Å². The van der Waals surface area contributed by atoms with Crippen LogP contribution in [0.3, 0.4) is 0 Å². The number of nitrogens with zero attached hydrogens (tertiary/aromatic N) is 1. The predicted octanol–water partition coefficient (Wildman–Crippen LogP) is -4.18. The molecule has 2 aliphatic rings. The number of thioether (sulfide) groups is 1. The summed E-state index contributed by atoms with van der Waals surface area (Å²) in [5.74, 6) is -2.01. The molecule has 0 aromatic carbocycles. The summed E-state index contributed by atoms with van der Waals surface area (Å²) >= 11 is 1.29. The van der Waals surface area contributed by atoms with Gasteiger partial charge in [-0.1, -0.05) is 0 Å². The van der Waals surface area contributed by atoms with Gasteiger partial charge in [-0.25, -0.2) is 0 Å². The van der Waals surface area contributed by atoms with Gasteiger partial charge in [0, 0.05) is 30.5 Å². The van der Waals surface area contributed by atoms with Gasteiger partial charge in [-0.3, -0.25) is 9.59 Å². The number of nitrogens with one attached hydrogen (secondary N) is 1. The first-order valence-corrected chi connectivity index (χ1v) is 8.00. The van der Waals surface area contributed by atoms with E-state index in [-0.39, 0.29) is 53.1 Å². The van der Waals surface area contributed by atoms with Crippen molar-refractivity contribution in [1.82, 2.24) is 10.2 Å². The van der Waals surface area contributed by atoms with Crippen molar-refractivity contribution in [2.75, 3.05) is 12.3 Å². The molecule has 1 saturated heterocycles. The van der Waals surface area contributed by atoms with Crippen molar-refractivity contribution in [3.8, 4) is 0 Å². The number of carboxylic acid groups (broad SMARTS) is 1. The van der Waals surface area contributed by atoms with E-state index in [2.05, 4.69) is 5.32 Å². The molecule has 0 spiro atoms.